The van der Waals surface area contributed by atoms with E-state index in [9.17, 15) is 18.0 Å². The van der Waals surface area contributed by atoms with Gasteiger partial charge in [0.25, 0.3) is 5.91 Å². The summed E-state index contributed by atoms with van der Waals surface area (Å²) in [5.74, 6) is -0.595. The number of nitrogens with one attached hydrogen (secondary N) is 1. The third kappa shape index (κ3) is 5.28. The first kappa shape index (κ1) is 23.1. The van der Waals surface area contributed by atoms with E-state index < -0.39 is 10.0 Å². The van der Waals surface area contributed by atoms with Gasteiger partial charge in [-0.3, -0.25) is 13.9 Å². The molecule has 10 heteroatoms. The molecule has 0 radical (unpaired) electrons. The zero-order valence-electron chi connectivity index (χ0n) is 18.8. The summed E-state index contributed by atoms with van der Waals surface area (Å²) < 4.78 is 30.5. The van der Waals surface area contributed by atoms with Gasteiger partial charge in [0.15, 0.2) is 0 Å². The van der Waals surface area contributed by atoms with Gasteiger partial charge in [-0.2, -0.15) is 0 Å². The van der Waals surface area contributed by atoms with E-state index in [1.54, 1.807) is 25.2 Å². The van der Waals surface area contributed by atoms with Gasteiger partial charge in [-0.05, 0) is 54.4 Å². The highest BCUT2D eigenvalue weighted by molar-refractivity contribution is 7.92. The van der Waals surface area contributed by atoms with Crippen molar-refractivity contribution >= 4 is 38.9 Å². The molecule has 0 unspecified atom stereocenters. The molecule has 176 valence electrons. The van der Waals surface area contributed by atoms with Gasteiger partial charge in [0.2, 0.25) is 15.9 Å². The number of ether oxygens (including phenoxy) is 1. The second-order valence-electron chi connectivity index (χ2n) is 8.28. The molecule has 0 atom stereocenters. The molecule has 2 aliphatic rings. The van der Waals surface area contributed by atoms with Crippen molar-refractivity contribution in [1.82, 2.24) is 4.90 Å². The van der Waals surface area contributed by atoms with Crippen LogP contribution in [-0.2, 0) is 26.0 Å². The Morgan fingerprint density at radius 1 is 1.06 bits per heavy atom. The minimum atomic E-state index is -3.34. The number of nitrogens with zero attached hydrogens (tertiary/aromatic N) is 3. The lowest BCUT2D eigenvalue weighted by atomic mass is 10.1. The summed E-state index contributed by atoms with van der Waals surface area (Å²) in [4.78, 5) is 28.9. The molecule has 0 spiro atoms. The molecule has 1 fully saturated rings. The largest absolute Gasteiger partial charge is 0.378 e. The summed E-state index contributed by atoms with van der Waals surface area (Å²) in [5.41, 5.74) is 3.58. The Morgan fingerprint density at radius 2 is 1.76 bits per heavy atom. The monoisotopic (exact) mass is 472 g/mol. The first-order chi connectivity index (χ1) is 15.7. The molecule has 9 nitrogen and oxygen atoms in total. The zero-order valence-corrected chi connectivity index (χ0v) is 19.6. The van der Waals surface area contributed by atoms with Crippen LogP contribution in [0.1, 0.15) is 15.9 Å². The predicted octanol–water partition coefficient (Wildman–Crippen LogP) is 1.56. The lowest BCUT2D eigenvalue weighted by Gasteiger charge is -2.28. The van der Waals surface area contributed by atoms with Crippen molar-refractivity contribution in [2.45, 2.75) is 6.42 Å². The molecule has 2 heterocycles. The number of sulfonamides is 1. The predicted molar refractivity (Wildman–Crippen MR) is 127 cm³/mol. The third-order valence-electron chi connectivity index (χ3n) is 5.83. The third-order valence-corrected chi connectivity index (χ3v) is 7.01. The SMILES string of the molecule is CN(CC(=O)Nc1ccc(N2CCOCC2)cc1)C(=O)c1ccc2c(c1)CCN2S(C)(=O)=O. The van der Waals surface area contributed by atoms with Crippen LogP contribution in [0.3, 0.4) is 0 Å². The molecule has 1 saturated heterocycles. The van der Waals surface area contributed by atoms with Crippen LogP contribution in [0.2, 0.25) is 0 Å². The normalized spacial score (nSPS) is 15.8. The summed E-state index contributed by atoms with van der Waals surface area (Å²) >= 11 is 0. The molecular weight excluding hydrogens is 444 g/mol. The van der Waals surface area contributed by atoms with Gasteiger partial charge < -0.3 is 19.9 Å². The van der Waals surface area contributed by atoms with Crippen LogP contribution < -0.4 is 14.5 Å². The van der Waals surface area contributed by atoms with Gasteiger partial charge in [-0.25, -0.2) is 8.42 Å². The highest BCUT2D eigenvalue weighted by atomic mass is 32.2. The van der Waals surface area contributed by atoms with Crippen LogP contribution >= 0.6 is 0 Å². The number of fused-ring (bicyclic) bond motifs is 1. The molecule has 2 amide bonds. The van der Waals surface area contributed by atoms with Crippen molar-refractivity contribution < 1.29 is 22.7 Å². The van der Waals surface area contributed by atoms with E-state index in [4.69, 9.17) is 4.74 Å². The number of benzene rings is 2. The van der Waals surface area contributed by atoms with Gasteiger partial charge >= 0.3 is 0 Å². The van der Waals surface area contributed by atoms with Crippen LogP contribution in [-0.4, -0.2) is 77.8 Å². The first-order valence-corrected chi connectivity index (χ1v) is 12.7. The van der Waals surface area contributed by atoms with E-state index in [0.717, 1.165) is 24.3 Å². The number of amides is 2. The fourth-order valence-corrected chi connectivity index (χ4v) is 5.09. The van der Waals surface area contributed by atoms with Crippen molar-refractivity contribution in [3.05, 3.63) is 53.6 Å². The summed E-state index contributed by atoms with van der Waals surface area (Å²) in [6.07, 6.45) is 1.72. The highest BCUT2D eigenvalue weighted by Crippen LogP contribution is 2.31. The van der Waals surface area contributed by atoms with E-state index in [-0.39, 0.29) is 18.4 Å². The van der Waals surface area contributed by atoms with Crippen molar-refractivity contribution in [2.24, 2.45) is 0 Å². The summed E-state index contributed by atoms with van der Waals surface area (Å²) in [6.45, 7) is 3.37. The molecule has 2 aromatic carbocycles. The van der Waals surface area contributed by atoms with Crippen LogP contribution in [0.5, 0.6) is 0 Å². The molecule has 1 N–H and O–H groups in total. The molecular formula is C23H28N4O5S. The first-order valence-electron chi connectivity index (χ1n) is 10.8. The van der Waals surface area contributed by atoms with Crippen LogP contribution in [0.4, 0.5) is 17.1 Å². The lowest BCUT2D eigenvalue weighted by Crippen LogP contribution is -2.36. The number of hydrogen-bond acceptors (Lipinski definition) is 6. The smallest absolute Gasteiger partial charge is 0.254 e. The topological polar surface area (TPSA) is 99.3 Å². The fraction of sp³-hybridized carbons (Fsp3) is 0.391. The van der Waals surface area contributed by atoms with E-state index in [1.165, 1.54) is 15.5 Å². The molecule has 2 aliphatic heterocycles. The zero-order chi connectivity index (χ0) is 23.6. The van der Waals surface area contributed by atoms with Gasteiger partial charge in [0.05, 0.1) is 31.7 Å². The number of anilines is 3. The molecule has 0 aromatic heterocycles. The summed E-state index contributed by atoms with van der Waals surface area (Å²) in [6, 6.07) is 12.6. The number of likely N-dealkylation sites (N-methyl/N-ethyl adjacent to an activating group) is 1. The number of hydrogen-bond donors (Lipinski definition) is 1. The molecule has 4 rings (SSSR count). The highest BCUT2D eigenvalue weighted by Gasteiger charge is 2.27. The van der Waals surface area contributed by atoms with Crippen LogP contribution in [0.15, 0.2) is 42.5 Å². The molecule has 0 aliphatic carbocycles. The van der Waals surface area contributed by atoms with Crippen molar-refractivity contribution in [3.63, 3.8) is 0 Å². The molecule has 0 bridgehead atoms. The van der Waals surface area contributed by atoms with Crippen molar-refractivity contribution in [3.8, 4) is 0 Å². The van der Waals surface area contributed by atoms with Gasteiger partial charge in [0, 0.05) is 43.6 Å². The maximum atomic E-state index is 12.8. The summed E-state index contributed by atoms with van der Waals surface area (Å²) in [7, 11) is -1.77. The lowest BCUT2D eigenvalue weighted by molar-refractivity contribution is -0.116. The van der Waals surface area contributed by atoms with Crippen LogP contribution in [0, 0.1) is 0 Å². The maximum absolute atomic E-state index is 12.8. The molecule has 33 heavy (non-hydrogen) atoms. The molecule has 0 saturated carbocycles. The van der Waals surface area contributed by atoms with Crippen molar-refractivity contribution in [1.29, 1.82) is 0 Å². The minimum Gasteiger partial charge on any atom is -0.378 e. The van der Waals surface area contributed by atoms with Crippen molar-refractivity contribution in [2.75, 3.05) is 67.2 Å². The Bertz CT molecular complexity index is 1140. The molecule has 2 aromatic rings. The fourth-order valence-electron chi connectivity index (χ4n) is 4.13. The Labute approximate surface area is 194 Å². The van der Waals surface area contributed by atoms with Gasteiger partial charge in [0.1, 0.15) is 0 Å². The number of rotatable bonds is 6. The second kappa shape index (κ2) is 9.40. The Morgan fingerprint density at radius 3 is 2.42 bits per heavy atom. The Hall–Kier alpha value is -3.11. The van der Waals surface area contributed by atoms with E-state index >= 15 is 0 Å². The average molecular weight is 473 g/mol. The van der Waals surface area contributed by atoms with Gasteiger partial charge in [-0.15, -0.1) is 0 Å². The minimum absolute atomic E-state index is 0.101. The maximum Gasteiger partial charge on any atom is 0.254 e. The second-order valence-corrected chi connectivity index (χ2v) is 10.2. The van der Waals surface area contributed by atoms with E-state index in [0.29, 0.717) is 43.1 Å². The van der Waals surface area contributed by atoms with Crippen LogP contribution in [0.25, 0.3) is 0 Å². The quantitative estimate of drug-likeness (QED) is 0.685. The van der Waals surface area contributed by atoms with E-state index in [2.05, 4.69) is 10.2 Å². The number of carbonyl (C=O) groups excluding carboxylic acids is 2. The average Bonchev–Trinajstić information content (AvgIpc) is 3.23. The van der Waals surface area contributed by atoms with E-state index in [1.807, 2.05) is 24.3 Å². The summed E-state index contributed by atoms with van der Waals surface area (Å²) in [5, 5.41) is 2.82. The van der Waals surface area contributed by atoms with Gasteiger partial charge in [-0.1, -0.05) is 0 Å². The Balaban J connectivity index is 1.35. The standard InChI is InChI=1S/C23H28N4O5S/c1-25(23(29)18-3-8-21-17(15-18)9-10-27(21)33(2,30)31)16-22(28)24-19-4-6-20(7-5-19)26-11-13-32-14-12-26/h3-8,15H,9-14,16H2,1-2H3,(H,24,28). The Kier molecular flexibility index (Phi) is 6.57. The number of carbonyl (C=O) groups is 2. The number of morpholine rings is 1.